The van der Waals surface area contributed by atoms with Gasteiger partial charge >= 0.3 is 6.09 Å². The van der Waals surface area contributed by atoms with Crippen LogP contribution in [0.2, 0.25) is 0 Å². The molecule has 4 rings (SSSR count). The molecule has 0 saturated carbocycles. The number of phenols is 1. The number of carbonyl (C=O) groups is 2. The predicted octanol–water partition coefficient (Wildman–Crippen LogP) is 3.54. The molecular formula is C27H27NO7. The number of carbonyl (C=O) groups excluding carboxylic acids is 2. The summed E-state index contributed by atoms with van der Waals surface area (Å²) in [5, 5.41) is 33.5. The van der Waals surface area contributed by atoms with E-state index in [2.05, 4.69) is 17.4 Å². The Morgan fingerprint density at radius 1 is 1.03 bits per heavy atom. The first-order valence-electron chi connectivity index (χ1n) is 11.3. The molecule has 3 aromatic carbocycles. The van der Waals surface area contributed by atoms with Crippen molar-refractivity contribution in [3.63, 3.8) is 0 Å². The maximum absolute atomic E-state index is 12.3. The fraction of sp³-hybridized carbons (Fsp3) is 0.259. The SMILES string of the molecule is COc1ccc(C(O)C(O)CCNC(=O)OCC2c3ccccc3-c3ccccc32)c(C=O)c1O. The number of aliphatic hydroxyl groups excluding tert-OH is 2. The molecule has 0 fully saturated rings. The molecule has 1 aliphatic rings. The van der Waals surface area contributed by atoms with Crippen molar-refractivity contribution in [2.24, 2.45) is 0 Å². The molecule has 3 aromatic rings. The van der Waals surface area contributed by atoms with Crippen LogP contribution in [0.4, 0.5) is 4.79 Å². The van der Waals surface area contributed by atoms with E-state index in [1.54, 1.807) is 0 Å². The number of aromatic hydroxyl groups is 1. The van der Waals surface area contributed by atoms with Crippen LogP contribution in [0.25, 0.3) is 11.1 Å². The Kier molecular flexibility index (Phi) is 7.33. The van der Waals surface area contributed by atoms with Gasteiger partial charge in [0.2, 0.25) is 0 Å². The second-order valence-electron chi connectivity index (χ2n) is 8.29. The molecule has 8 heteroatoms. The van der Waals surface area contributed by atoms with E-state index in [1.807, 2.05) is 36.4 Å². The molecule has 0 radical (unpaired) electrons. The molecule has 0 aromatic heterocycles. The number of amides is 1. The average Bonchev–Trinajstić information content (AvgIpc) is 3.20. The third kappa shape index (κ3) is 4.84. The molecule has 0 saturated heterocycles. The van der Waals surface area contributed by atoms with E-state index in [4.69, 9.17) is 9.47 Å². The standard InChI is InChI=1S/C27H27NO7/c1-34-24-11-10-20(21(14-29)26(24)32)25(31)23(30)12-13-28-27(33)35-15-22-18-8-4-2-6-16(18)17-7-3-5-9-19(17)22/h2-11,14,22-23,25,30-32H,12-13,15H2,1H3,(H,28,33). The zero-order valence-corrected chi connectivity index (χ0v) is 19.2. The lowest BCUT2D eigenvalue weighted by atomic mass is 9.96. The van der Waals surface area contributed by atoms with Gasteiger partial charge in [-0.3, -0.25) is 4.79 Å². The monoisotopic (exact) mass is 477 g/mol. The van der Waals surface area contributed by atoms with E-state index in [-0.39, 0.29) is 42.4 Å². The Bertz CT molecular complexity index is 1180. The summed E-state index contributed by atoms with van der Waals surface area (Å²) < 4.78 is 10.4. The maximum Gasteiger partial charge on any atom is 0.407 e. The summed E-state index contributed by atoms with van der Waals surface area (Å²) in [6.07, 6.45) is -3.00. The number of benzene rings is 3. The molecule has 0 spiro atoms. The molecule has 2 atom stereocenters. The number of phenolic OH excluding ortho intramolecular Hbond substituents is 1. The molecule has 35 heavy (non-hydrogen) atoms. The number of rotatable bonds is 9. The first-order valence-corrected chi connectivity index (χ1v) is 11.3. The normalized spacial score (nSPS) is 13.9. The Labute approximate surface area is 202 Å². The average molecular weight is 478 g/mol. The quantitative estimate of drug-likeness (QED) is 0.347. The Morgan fingerprint density at radius 2 is 1.66 bits per heavy atom. The van der Waals surface area contributed by atoms with Gasteiger partial charge in [0, 0.05) is 12.5 Å². The maximum atomic E-state index is 12.3. The smallest absolute Gasteiger partial charge is 0.407 e. The summed E-state index contributed by atoms with van der Waals surface area (Å²) in [5.41, 5.74) is 4.37. The highest BCUT2D eigenvalue weighted by molar-refractivity contribution is 5.83. The van der Waals surface area contributed by atoms with Crippen LogP contribution in [0.5, 0.6) is 11.5 Å². The van der Waals surface area contributed by atoms with Gasteiger partial charge in [-0.05, 0) is 40.3 Å². The summed E-state index contributed by atoms with van der Waals surface area (Å²) in [7, 11) is 1.34. The zero-order valence-electron chi connectivity index (χ0n) is 19.2. The third-order valence-electron chi connectivity index (χ3n) is 6.29. The lowest BCUT2D eigenvalue weighted by Gasteiger charge is -2.21. The van der Waals surface area contributed by atoms with Crippen molar-refractivity contribution in [3.8, 4) is 22.6 Å². The Hall–Kier alpha value is -3.88. The fourth-order valence-corrected chi connectivity index (χ4v) is 4.49. The van der Waals surface area contributed by atoms with Gasteiger partial charge in [-0.2, -0.15) is 0 Å². The predicted molar refractivity (Wildman–Crippen MR) is 129 cm³/mol. The van der Waals surface area contributed by atoms with Gasteiger partial charge in [0.25, 0.3) is 0 Å². The molecular weight excluding hydrogens is 450 g/mol. The van der Waals surface area contributed by atoms with Gasteiger partial charge in [-0.25, -0.2) is 4.79 Å². The number of hydrogen-bond donors (Lipinski definition) is 4. The molecule has 0 heterocycles. The summed E-state index contributed by atoms with van der Waals surface area (Å²) in [5.74, 6) is -0.400. The van der Waals surface area contributed by atoms with Crippen LogP contribution in [0.15, 0.2) is 60.7 Å². The van der Waals surface area contributed by atoms with E-state index in [0.29, 0.717) is 6.29 Å². The van der Waals surface area contributed by atoms with Crippen LogP contribution < -0.4 is 10.1 Å². The van der Waals surface area contributed by atoms with Crippen molar-refractivity contribution in [3.05, 3.63) is 82.9 Å². The second kappa shape index (κ2) is 10.6. The van der Waals surface area contributed by atoms with Crippen molar-refractivity contribution in [1.29, 1.82) is 0 Å². The van der Waals surface area contributed by atoms with E-state index in [9.17, 15) is 24.9 Å². The number of ether oxygens (including phenoxy) is 2. The number of aldehydes is 1. The van der Waals surface area contributed by atoms with Crippen molar-refractivity contribution in [2.45, 2.75) is 24.5 Å². The number of alkyl carbamates (subject to hydrolysis) is 1. The van der Waals surface area contributed by atoms with Crippen molar-refractivity contribution in [2.75, 3.05) is 20.3 Å². The van der Waals surface area contributed by atoms with Crippen LogP contribution >= 0.6 is 0 Å². The van der Waals surface area contributed by atoms with E-state index < -0.39 is 24.1 Å². The molecule has 1 amide bonds. The van der Waals surface area contributed by atoms with Crippen molar-refractivity contribution in [1.82, 2.24) is 5.32 Å². The van der Waals surface area contributed by atoms with Crippen LogP contribution in [0.1, 0.15) is 45.5 Å². The van der Waals surface area contributed by atoms with Crippen LogP contribution in [-0.4, -0.2) is 54.1 Å². The number of fused-ring (bicyclic) bond motifs is 3. The van der Waals surface area contributed by atoms with Gasteiger partial charge in [0.1, 0.15) is 12.7 Å². The second-order valence-corrected chi connectivity index (χ2v) is 8.29. The first-order chi connectivity index (χ1) is 17.0. The molecule has 4 N–H and O–H groups in total. The summed E-state index contributed by atoms with van der Waals surface area (Å²) >= 11 is 0. The number of aliphatic hydroxyl groups is 2. The molecule has 182 valence electrons. The van der Waals surface area contributed by atoms with Crippen LogP contribution in [-0.2, 0) is 4.74 Å². The molecule has 1 aliphatic carbocycles. The highest BCUT2D eigenvalue weighted by Crippen LogP contribution is 2.44. The lowest BCUT2D eigenvalue weighted by Crippen LogP contribution is -2.31. The van der Waals surface area contributed by atoms with E-state index in [0.717, 1.165) is 22.3 Å². The van der Waals surface area contributed by atoms with Crippen LogP contribution in [0, 0.1) is 0 Å². The Balaban J connectivity index is 1.31. The summed E-state index contributed by atoms with van der Waals surface area (Å²) in [6, 6.07) is 18.9. The minimum Gasteiger partial charge on any atom is -0.504 e. The van der Waals surface area contributed by atoms with Gasteiger partial charge in [0.15, 0.2) is 17.8 Å². The molecule has 0 aliphatic heterocycles. The summed E-state index contributed by atoms with van der Waals surface area (Å²) in [4.78, 5) is 23.7. The molecule has 2 unspecified atom stereocenters. The zero-order chi connectivity index (χ0) is 24.9. The minimum atomic E-state index is -1.45. The van der Waals surface area contributed by atoms with Crippen molar-refractivity contribution >= 4 is 12.4 Å². The summed E-state index contributed by atoms with van der Waals surface area (Å²) in [6.45, 7) is 0.201. The molecule has 0 bridgehead atoms. The van der Waals surface area contributed by atoms with E-state index in [1.165, 1.54) is 19.2 Å². The van der Waals surface area contributed by atoms with Crippen molar-refractivity contribution < 1.29 is 34.4 Å². The van der Waals surface area contributed by atoms with Gasteiger partial charge in [0.05, 0.1) is 18.8 Å². The minimum absolute atomic E-state index is 0.00352. The first kappa shape index (κ1) is 24.3. The van der Waals surface area contributed by atoms with Gasteiger partial charge in [-0.15, -0.1) is 0 Å². The van der Waals surface area contributed by atoms with Gasteiger partial charge < -0.3 is 30.1 Å². The highest BCUT2D eigenvalue weighted by atomic mass is 16.5. The molecule has 8 nitrogen and oxygen atoms in total. The Morgan fingerprint density at radius 3 is 2.26 bits per heavy atom. The number of nitrogens with one attached hydrogen (secondary N) is 1. The number of hydrogen-bond acceptors (Lipinski definition) is 7. The topological polar surface area (TPSA) is 125 Å². The third-order valence-corrected chi connectivity index (χ3v) is 6.29. The van der Waals surface area contributed by atoms with E-state index >= 15 is 0 Å². The number of methoxy groups -OCH3 is 1. The lowest BCUT2D eigenvalue weighted by molar-refractivity contribution is 0.0132. The highest BCUT2D eigenvalue weighted by Gasteiger charge is 2.29. The van der Waals surface area contributed by atoms with Crippen LogP contribution in [0.3, 0.4) is 0 Å². The fourth-order valence-electron chi connectivity index (χ4n) is 4.49. The largest absolute Gasteiger partial charge is 0.504 e. The van der Waals surface area contributed by atoms with Gasteiger partial charge in [-0.1, -0.05) is 54.6 Å².